The summed E-state index contributed by atoms with van der Waals surface area (Å²) in [5, 5.41) is 25.9. The number of thioether (sulfide) groups is 2. The van der Waals surface area contributed by atoms with Crippen LogP contribution in [0.25, 0.3) is 0 Å². The van der Waals surface area contributed by atoms with Crippen LogP contribution in [0, 0.1) is 0 Å². The lowest BCUT2D eigenvalue weighted by Crippen LogP contribution is -2.40. The molecule has 3 rings (SSSR count). The minimum absolute atomic E-state index is 0.315. The van der Waals surface area contributed by atoms with Crippen LogP contribution < -0.4 is 10.1 Å². The maximum atomic E-state index is 10.3. The van der Waals surface area contributed by atoms with Crippen molar-refractivity contribution in [1.29, 1.82) is 0 Å². The lowest BCUT2D eigenvalue weighted by molar-refractivity contribution is 0.0711. The van der Waals surface area contributed by atoms with Crippen molar-refractivity contribution in [2.24, 2.45) is 7.05 Å². The molecule has 0 radical (unpaired) electrons. The van der Waals surface area contributed by atoms with Gasteiger partial charge in [0.05, 0.1) is 0 Å². The van der Waals surface area contributed by atoms with Crippen LogP contribution >= 0.6 is 23.5 Å². The number of nitrogens with one attached hydrogen (secondary N) is 1. The Morgan fingerprint density at radius 2 is 2.14 bits per heavy atom. The van der Waals surface area contributed by atoms with Gasteiger partial charge in [0.25, 0.3) is 0 Å². The summed E-state index contributed by atoms with van der Waals surface area (Å²) in [6.07, 6.45) is -0.472. The first-order valence-electron chi connectivity index (χ1n) is 9.47. The van der Waals surface area contributed by atoms with E-state index in [9.17, 15) is 5.11 Å². The molecule has 0 bridgehead atoms. The van der Waals surface area contributed by atoms with Gasteiger partial charge in [-0.25, -0.2) is 4.68 Å². The van der Waals surface area contributed by atoms with E-state index < -0.39 is 6.10 Å². The summed E-state index contributed by atoms with van der Waals surface area (Å²) in [5.74, 6) is 4.00. The molecule has 1 unspecified atom stereocenters. The van der Waals surface area contributed by atoms with E-state index in [-0.39, 0.29) is 0 Å². The van der Waals surface area contributed by atoms with E-state index in [0.29, 0.717) is 19.7 Å². The zero-order valence-electron chi connectivity index (χ0n) is 16.2. The number of ether oxygens (including phenoxy) is 1. The van der Waals surface area contributed by atoms with Crippen molar-refractivity contribution in [3.8, 4) is 5.75 Å². The number of benzene rings is 1. The summed E-state index contributed by atoms with van der Waals surface area (Å²) >= 11 is 3.59. The highest BCUT2D eigenvalue weighted by Crippen LogP contribution is 2.18. The standard InChI is InChI=1S/C18H28N6O2S2/c1-23-18(20-21-22-23)28-9-6-19-12-15-4-2-3-5-17(15)26-14-16(25)13-24-7-10-27-11-8-24/h2-5,16,19,25H,6-14H2,1H3. The van der Waals surface area contributed by atoms with Crippen LogP contribution in [-0.4, -0.2) is 86.4 Å². The van der Waals surface area contributed by atoms with Crippen molar-refractivity contribution in [1.82, 2.24) is 30.4 Å². The highest BCUT2D eigenvalue weighted by Gasteiger charge is 2.15. The Kier molecular flexibility index (Phi) is 8.87. The summed E-state index contributed by atoms with van der Waals surface area (Å²) in [6.45, 7) is 4.63. The number of tetrazole rings is 1. The van der Waals surface area contributed by atoms with Gasteiger partial charge in [-0.3, -0.25) is 4.90 Å². The first-order chi connectivity index (χ1) is 13.7. The number of rotatable bonds is 11. The molecule has 0 amide bonds. The Balaban J connectivity index is 1.38. The second kappa shape index (κ2) is 11.6. The average molecular weight is 425 g/mol. The molecule has 1 aliphatic rings. The SMILES string of the molecule is Cn1nnnc1SCCNCc1ccccc1OCC(O)CN1CCSCC1. The Morgan fingerprint density at radius 3 is 2.93 bits per heavy atom. The van der Waals surface area contributed by atoms with E-state index in [1.165, 1.54) is 0 Å². The van der Waals surface area contributed by atoms with Gasteiger partial charge in [0, 0.05) is 62.6 Å². The van der Waals surface area contributed by atoms with Gasteiger partial charge in [-0.1, -0.05) is 30.0 Å². The number of aryl methyl sites for hydroxylation is 1. The van der Waals surface area contributed by atoms with E-state index in [4.69, 9.17) is 4.74 Å². The fourth-order valence-corrected chi connectivity index (χ4v) is 4.62. The number of hydrogen-bond donors (Lipinski definition) is 2. The normalized spacial score (nSPS) is 16.2. The second-order valence-electron chi connectivity index (χ2n) is 6.60. The summed E-state index contributed by atoms with van der Waals surface area (Å²) in [6, 6.07) is 7.98. The van der Waals surface area contributed by atoms with Gasteiger partial charge in [0.2, 0.25) is 5.16 Å². The molecule has 0 saturated carbocycles. The molecule has 1 aromatic heterocycles. The minimum atomic E-state index is -0.472. The van der Waals surface area contributed by atoms with Crippen LogP contribution in [0.1, 0.15) is 5.56 Å². The predicted octanol–water partition coefficient (Wildman–Crippen LogP) is 0.881. The van der Waals surface area contributed by atoms with Crippen molar-refractivity contribution >= 4 is 23.5 Å². The van der Waals surface area contributed by atoms with Crippen LogP contribution in [0.4, 0.5) is 0 Å². The zero-order valence-corrected chi connectivity index (χ0v) is 17.8. The van der Waals surface area contributed by atoms with Gasteiger partial charge in [-0.15, -0.1) is 5.10 Å². The largest absolute Gasteiger partial charge is 0.491 e. The van der Waals surface area contributed by atoms with Crippen LogP contribution in [-0.2, 0) is 13.6 Å². The maximum absolute atomic E-state index is 10.3. The molecule has 1 aliphatic heterocycles. The van der Waals surface area contributed by atoms with Gasteiger partial charge in [0.1, 0.15) is 18.5 Å². The van der Waals surface area contributed by atoms with Crippen molar-refractivity contribution in [3.05, 3.63) is 29.8 Å². The Bertz CT molecular complexity index is 711. The smallest absolute Gasteiger partial charge is 0.209 e. The fraction of sp³-hybridized carbons (Fsp3) is 0.611. The highest BCUT2D eigenvalue weighted by molar-refractivity contribution is 7.99. The topological polar surface area (TPSA) is 88.3 Å². The third-order valence-corrected chi connectivity index (χ3v) is 6.34. The Hall–Kier alpha value is -1.33. The second-order valence-corrected chi connectivity index (χ2v) is 8.88. The van der Waals surface area contributed by atoms with E-state index in [0.717, 1.165) is 53.4 Å². The van der Waals surface area contributed by atoms with Crippen LogP contribution in [0.2, 0.25) is 0 Å². The van der Waals surface area contributed by atoms with Crippen LogP contribution in [0.3, 0.4) is 0 Å². The lowest BCUT2D eigenvalue weighted by atomic mass is 10.2. The number of nitrogens with zero attached hydrogens (tertiary/aromatic N) is 5. The Morgan fingerprint density at radius 1 is 1.32 bits per heavy atom. The zero-order chi connectivity index (χ0) is 19.6. The third-order valence-electron chi connectivity index (χ3n) is 4.38. The summed E-state index contributed by atoms with van der Waals surface area (Å²) in [4.78, 5) is 2.31. The quantitative estimate of drug-likeness (QED) is 0.403. The first kappa shape index (κ1) is 21.4. The number of aliphatic hydroxyl groups excluding tert-OH is 1. The molecule has 154 valence electrons. The van der Waals surface area contributed by atoms with Crippen LogP contribution in [0.5, 0.6) is 5.75 Å². The van der Waals surface area contributed by atoms with Gasteiger partial charge < -0.3 is 15.2 Å². The van der Waals surface area contributed by atoms with E-state index in [1.54, 1.807) is 16.4 Å². The van der Waals surface area contributed by atoms with E-state index >= 15 is 0 Å². The van der Waals surface area contributed by atoms with Crippen molar-refractivity contribution < 1.29 is 9.84 Å². The van der Waals surface area contributed by atoms with Gasteiger partial charge in [-0.2, -0.15) is 11.8 Å². The van der Waals surface area contributed by atoms with Crippen molar-refractivity contribution in [3.63, 3.8) is 0 Å². The summed E-state index contributed by atoms with van der Waals surface area (Å²) < 4.78 is 7.58. The minimum Gasteiger partial charge on any atom is -0.491 e. The average Bonchev–Trinajstić information content (AvgIpc) is 3.12. The monoisotopic (exact) mass is 424 g/mol. The Labute approximate surface area is 174 Å². The number of hydrogen-bond acceptors (Lipinski definition) is 9. The van der Waals surface area contributed by atoms with Crippen LogP contribution in [0.15, 0.2) is 29.4 Å². The molecule has 2 aromatic rings. The number of β-amino-alcohol motifs (C(OH)–C–C–N with tert-alkyl or cyclic N) is 1. The first-order valence-corrected chi connectivity index (χ1v) is 11.6. The fourth-order valence-electron chi connectivity index (χ4n) is 2.89. The maximum Gasteiger partial charge on any atom is 0.209 e. The molecule has 2 N–H and O–H groups in total. The molecule has 8 nitrogen and oxygen atoms in total. The number of para-hydroxylation sites is 1. The molecular formula is C18H28N6O2S2. The van der Waals surface area contributed by atoms with Gasteiger partial charge in [0.15, 0.2) is 0 Å². The lowest BCUT2D eigenvalue weighted by Gasteiger charge is -2.28. The molecule has 0 spiro atoms. The molecule has 1 aromatic carbocycles. The molecule has 2 heterocycles. The van der Waals surface area contributed by atoms with Crippen molar-refractivity contribution in [2.45, 2.75) is 17.8 Å². The van der Waals surface area contributed by atoms with Crippen molar-refractivity contribution in [2.75, 3.05) is 50.0 Å². The highest BCUT2D eigenvalue weighted by atomic mass is 32.2. The molecule has 0 aliphatic carbocycles. The molecule has 1 fully saturated rings. The van der Waals surface area contributed by atoms with Gasteiger partial charge >= 0.3 is 0 Å². The third kappa shape index (κ3) is 6.93. The molecule has 28 heavy (non-hydrogen) atoms. The number of aromatic nitrogens is 4. The summed E-state index contributed by atoms with van der Waals surface area (Å²) in [5.41, 5.74) is 1.09. The molecule has 10 heteroatoms. The van der Waals surface area contributed by atoms with E-state index in [1.807, 2.05) is 37.0 Å². The molecular weight excluding hydrogens is 396 g/mol. The number of aliphatic hydroxyl groups is 1. The molecule has 1 saturated heterocycles. The summed E-state index contributed by atoms with van der Waals surface area (Å²) in [7, 11) is 1.84. The van der Waals surface area contributed by atoms with E-state index in [2.05, 4.69) is 31.8 Å². The molecule has 1 atom stereocenters. The van der Waals surface area contributed by atoms with Gasteiger partial charge in [-0.05, 0) is 16.5 Å². The predicted molar refractivity (Wildman–Crippen MR) is 113 cm³/mol.